The number of aliphatic hydroxyl groups is 1. The van der Waals surface area contributed by atoms with E-state index in [0.717, 1.165) is 6.07 Å². The van der Waals surface area contributed by atoms with Crippen LogP contribution in [0.25, 0.3) is 0 Å². The van der Waals surface area contributed by atoms with Crippen molar-refractivity contribution in [2.75, 3.05) is 11.9 Å². The van der Waals surface area contributed by atoms with Crippen LogP contribution in [0.15, 0.2) is 35.2 Å². The molecule has 38 heavy (non-hydrogen) atoms. The number of rotatable bonds is 7. The minimum absolute atomic E-state index is 0.0825. The molecule has 5 atom stereocenters. The topological polar surface area (TPSA) is 136 Å². The molecular weight excluding hydrogens is 549 g/mol. The summed E-state index contributed by atoms with van der Waals surface area (Å²) in [5.74, 6) is -7.15. The second-order valence-corrected chi connectivity index (χ2v) is 12.5. The summed E-state index contributed by atoms with van der Waals surface area (Å²) in [4.78, 5) is 24.2. The van der Waals surface area contributed by atoms with Crippen LogP contribution < -0.4 is 11.1 Å². The molecule has 1 amide bonds. The average Bonchev–Trinajstić information content (AvgIpc) is 3.14. The first-order valence-electron chi connectivity index (χ1n) is 11.9. The Kier molecular flexibility index (Phi) is 7.81. The molecule has 2 fully saturated rings. The zero-order valence-electron chi connectivity index (χ0n) is 20.2. The maximum atomic E-state index is 13.8. The number of carbonyl (C=O) groups excluding carboxylic acids is 2. The van der Waals surface area contributed by atoms with Crippen LogP contribution >= 0.6 is 11.6 Å². The Bertz CT molecular complexity index is 1350. The Balaban J connectivity index is 1.55. The summed E-state index contributed by atoms with van der Waals surface area (Å²) in [7, 11) is -4.09. The Hall–Kier alpha value is -2.67. The number of esters is 1. The maximum absolute atomic E-state index is 13.8. The number of anilines is 1. The Morgan fingerprint density at radius 1 is 1.16 bits per heavy atom. The van der Waals surface area contributed by atoms with Crippen molar-refractivity contribution >= 4 is 39.0 Å². The van der Waals surface area contributed by atoms with Gasteiger partial charge in [-0.15, -0.1) is 0 Å². The predicted octanol–water partition coefficient (Wildman–Crippen LogP) is 3.59. The number of carbonyl (C=O) groups is 2. The van der Waals surface area contributed by atoms with E-state index in [1.165, 1.54) is 19.1 Å². The third-order valence-electron chi connectivity index (χ3n) is 7.08. The number of amides is 1. The summed E-state index contributed by atoms with van der Waals surface area (Å²) >= 11 is 6.24. The standard InChI is InChI=1S/C25H26ClF3N2O6S/c1-12(30)24(33)37-11-25(34)9-14-2-3-15(10-25)22(14)38(35,36)20-6-13(4-5-17(20)26)23(32)31-16-7-18(27)21(29)19(28)8-16/h4-8,12,14-15,22,34H,2-3,9-11,30H2,1H3,(H,31,32)/t12-,14-,15?,22?,25+/m0/s1. The van der Waals surface area contributed by atoms with Gasteiger partial charge in [0.1, 0.15) is 12.6 Å². The van der Waals surface area contributed by atoms with E-state index >= 15 is 0 Å². The van der Waals surface area contributed by atoms with Gasteiger partial charge >= 0.3 is 5.97 Å². The Labute approximate surface area is 222 Å². The second kappa shape index (κ2) is 10.5. The fourth-order valence-electron chi connectivity index (χ4n) is 5.44. The smallest absolute Gasteiger partial charge is 0.322 e. The first kappa shape index (κ1) is 28.3. The molecule has 2 aromatic rings. The van der Waals surface area contributed by atoms with Crippen molar-refractivity contribution in [1.82, 2.24) is 0 Å². The average molecular weight is 575 g/mol. The van der Waals surface area contributed by atoms with Gasteiger partial charge in [-0.05, 0) is 62.6 Å². The molecule has 2 unspecified atom stereocenters. The quantitative estimate of drug-likeness (QED) is 0.340. The van der Waals surface area contributed by atoms with E-state index in [9.17, 15) is 36.3 Å². The molecule has 2 aliphatic rings. The van der Waals surface area contributed by atoms with Crippen molar-refractivity contribution in [3.05, 3.63) is 58.4 Å². The number of ether oxygens (including phenoxy) is 1. The van der Waals surface area contributed by atoms with E-state index < -0.39 is 67.9 Å². The van der Waals surface area contributed by atoms with Crippen LogP contribution in [0.5, 0.6) is 0 Å². The summed E-state index contributed by atoms with van der Waals surface area (Å²) in [5, 5.41) is 12.2. The number of nitrogens with one attached hydrogen (secondary N) is 1. The fourth-order valence-corrected chi connectivity index (χ4v) is 8.28. The second-order valence-electron chi connectivity index (χ2n) is 9.99. The largest absolute Gasteiger partial charge is 0.461 e. The molecule has 0 aromatic heterocycles. The third-order valence-corrected chi connectivity index (χ3v) is 9.96. The van der Waals surface area contributed by atoms with Gasteiger partial charge in [0.2, 0.25) is 0 Å². The Morgan fingerprint density at radius 2 is 1.74 bits per heavy atom. The van der Waals surface area contributed by atoms with E-state index in [-0.39, 0.29) is 40.6 Å². The first-order chi connectivity index (χ1) is 17.7. The van der Waals surface area contributed by atoms with Crippen LogP contribution in [0.4, 0.5) is 18.9 Å². The third kappa shape index (κ3) is 5.54. The lowest BCUT2D eigenvalue weighted by Gasteiger charge is -2.40. The van der Waals surface area contributed by atoms with E-state index in [1.54, 1.807) is 0 Å². The van der Waals surface area contributed by atoms with Crippen molar-refractivity contribution in [3.8, 4) is 0 Å². The molecular formula is C25H26ClF3N2O6S. The molecule has 4 rings (SSSR count). The van der Waals surface area contributed by atoms with Gasteiger partial charge in [-0.2, -0.15) is 0 Å². The monoisotopic (exact) mass is 574 g/mol. The molecule has 8 nitrogen and oxygen atoms in total. The molecule has 0 saturated heterocycles. The van der Waals surface area contributed by atoms with E-state index in [2.05, 4.69) is 5.32 Å². The highest BCUT2D eigenvalue weighted by atomic mass is 35.5. The van der Waals surface area contributed by atoms with E-state index in [1.807, 2.05) is 0 Å². The SMILES string of the molecule is C[C@H](N)C(=O)OC[C@]1(O)CC2CC[C@@H](C1)C2S(=O)(=O)c1cc(C(=O)Nc2cc(F)c(F)c(F)c2)ccc1Cl. The van der Waals surface area contributed by atoms with Gasteiger partial charge in [-0.3, -0.25) is 9.59 Å². The summed E-state index contributed by atoms with van der Waals surface area (Å²) in [5.41, 5.74) is 3.58. The molecule has 2 aromatic carbocycles. The number of halogens is 4. The molecule has 0 aliphatic heterocycles. The van der Waals surface area contributed by atoms with Gasteiger partial charge in [0.25, 0.3) is 5.91 Å². The number of sulfone groups is 1. The molecule has 2 saturated carbocycles. The zero-order valence-corrected chi connectivity index (χ0v) is 21.8. The van der Waals surface area contributed by atoms with Gasteiger partial charge in [0.05, 0.1) is 20.8 Å². The van der Waals surface area contributed by atoms with Crippen LogP contribution in [0.1, 0.15) is 43.0 Å². The molecule has 2 aliphatic carbocycles. The summed E-state index contributed by atoms with van der Waals surface area (Å²) in [6.45, 7) is 1.15. The molecule has 0 radical (unpaired) electrons. The highest BCUT2D eigenvalue weighted by Gasteiger charge is 2.54. The van der Waals surface area contributed by atoms with Gasteiger partial charge in [-0.1, -0.05) is 11.6 Å². The number of hydrogen-bond acceptors (Lipinski definition) is 7. The van der Waals surface area contributed by atoms with Gasteiger partial charge < -0.3 is 20.9 Å². The van der Waals surface area contributed by atoms with E-state index in [0.29, 0.717) is 25.0 Å². The van der Waals surface area contributed by atoms with Crippen molar-refractivity contribution < 1.29 is 41.0 Å². The first-order valence-corrected chi connectivity index (χ1v) is 13.8. The van der Waals surface area contributed by atoms with Crippen LogP contribution in [0, 0.1) is 29.3 Å². The van der Waals surface area contributed by atoms with Crippen LogP contribution in [0.3, 0.4) is 0 Å². The highest BCUT2D eigenvalue weighted by molar-refractivity contribution is 7.92. The van der Waals surface area contributed by atoms with Crippen molar-refractivity contribution in [1.29, 1.82) is 0 Å². The van der Waals surface area contributed by atoms with E-state index in [4.69, 9.17) is 22.1 Å². The zero-order chi connectivity index (χ0) is 28.0. The van der Waals surface area contributed by atoms with Crippen LogP contribution in [-0.4, -0.2) is 48.9 Å². The van der Waals surface area contributed by atoms with Gasteiger partial charge in [0, 0.05) is 23.4 Å². The van der Waals surface area contributed by atoms with Crippen molar-refractivity contribution in [2.45, 2.75) is 54.4 Å². The van der Waals surface area contributed by atoms with Crippen molar-refractivity contribution in [3.63, 3.8) is 0 Å². The fraction of sp³-hybridized carbons (Fsp3) is 0.440. The molecule has 4 N–H and O–H groups in total. The normalized spacial score (nSPS) is 25.6. The van der Waals surface area contributed by atoms with Crippen molar-refractivity contribution in [2.24, 2.45) is 17.6 Å². The van der Waals surface area contributed by atoms with Gasteiger partial charge in [-0.25, -0.2) is 21.6 Å². The number of fused-ring (bicyclic) bond motifs is 2. The lowest BCUT2D eigenvalue weighted by atomic mass is 9.77. The summed E-state index contributed by atoms with van der Waals surface area (Å²) in [6.07, 6.45) is 1.22. The number of benzene rings is 2. The van der Waals surface area contributed by atoms with Crippen LogP contribution in [-0.2, 0) is 19.4 Å². The minimum Gasteiger partial charge on any atom is -0.461 e. The maximum Gasteiger partial charge on any atom is 0.322 e. The molecule has 2 bridgehead atoms. The highest BCUT2D eigenvalue weighted by Crippen LogP contribution is 2.51. The summed E-state index contributed by atoms with van der Waals surface area (Å²) < 4.78 is 72.9. The number of nitrogens with two attached hydrogens (primary N) is 1. The lowest BCUT2D eigenvalue weighted by Crippen LogP contribution is -2.49. The minimum atomic E-state index is -4.09. The van der Waals surface area contributed by atoms with Crippen LogP contribution in [0.2, 0.25) is 5.02 Å². The van der Waals surface area contributed by atoms with Gasteiger partial charge in [0.15, 0.2) is 27.3 Å². The molecule has 13 heteroatoms. The predicted molar refractivity (Wildman–Crippen MR) is 132 cm³/mol. The lowest BCUT2D eigenvalue weighted by molar-refractivity contribution is -0.156. The molecule has 0 heterocycles. The molecule has 206 valence electrons. The Morgan fingerprint density at radius 3 is 2.29 bits per heavy atom. The summed E-state index contributed by atoms with van der Waals surface area (Å²) in [6, 6.07) is 3.87. The molecule has 0 spiro atoms. The number of hydrogen-bond donors (Lipinski definition) is 3.